The number of hydrogen-bond acceptors (Lipinski definition) is 1. The van der Waals surface area contributed by atoms with Gasteiger partial charge in [-0.15, -0.1) is 0 Å². The van der Waals surface area contributed by atoms with Gasteiger partial charge in [0.15, 0.2) is 0 Å². The van der Waals surface area contributed by atoms with E-state index >= 15 is 0 Å². The Bertz CT molecular complexity index is 3060. The average Bonchev–Trinajstić information content (AvgIpc) is 3.84. The van der Waals surface area contributed by atoms with Crippen LogP contribution in [0.4, 0.5) is 17.1 Å². The molecule has 0 saturated heterocycles. The molecule has 0 amide bonds. The van der Waals surface area contributed by atoms with Crippen molar-refractivity contribution in [3.63, 3.8) is 0 Å². The molecule has 0 bridgehead atoms. The summed E-state index contributed by atoms with van der Waals surface area (Å²) >= 11 is 0. The Kier molecular flexibility index (Phi) is 8.62. The van der Waals surface area contributed by atoms with Crippen molar-refractivity contribution in [3.05, 3.63) is 220 Å². The third-order valence-corrected chi connectivity index (χ3v) is 14.8. The minimum Gasteiger partial charge on any atom is -0.310 e. The van der Waals surface area contributed by atoms with Crippen molar-refractivity contribution in [1.82, 2.24) is 0 Å². The van der Waals surface area contributed by atoms with E-state index in [0.29, 0.717) is 0 Å². The van der Waals surface area contributed by atoms with E-state index < -0.39 is 5.41 Å². The van der Waals surface area contributed by atoms with E-state index in [2.05, 4.69) is 237 Å². The van der Waals surface area contributed by atoms with Crippen LogP contribution < -0.4 is 4.90 Å². The Balaban J connectivity index is 1.16. The fourth-order valence-corrected chi connectivity index (χ4v) is 11.3. The van der Waals surface area contributed by atoms with E-state index in [-0.39, 0.29) is 16.2 Å². The Morgan fingerprint density at radius 1 is 0.381 bits per heavy atom. The number of hydrogen-bond donors (Lipinski definition) is 0. The van der Waals surface area contributed by atoms with E-state index in [1.165, 1.54) is 94.6 Å². The first-order valence-corrected chi connectivity index (χ1v) is 23.0. The third-order valence-electron chi connectivity index (χ3n) is 14.8. The molecule has 0 N–H and O–H groups in total. The summed E-state index contributed by atoms with van der Waals surface area (Å²) < 4.78 is 0. The molecule has 0 atom stereocenters. The van der Waals surface area contributed by atoms with Gasteiger partial charge < -0.3 is 4.90 Å². The Morgan fingerprint density at radius 2 is 0.778 bits per heavy atom. The minimum absolute atomic E-state index is 0.00757. The summed E-state index contributed by atoms with van der Waals surface area (Å²) in [5, 5.41) is 0. The lowest BCUT2D eigenvalue weighted by atomic mass is 9.68. The van der Waals surface area contributed by atoms with Gasteiger partial charge in [0.1, 0.15) is 0 Å². The quantitative estimate of drug-likeness (QED) is 0.167. The summed E-state index contributed by atoms with van der Waals surface area (Å²) in [7, 11) is 0. The van der Waals surface area contributed by atoms with Gasteiger partial charge in [0.2, 0.25) is 0 Å². The van der Waals surface area contributed by atoms with Crippen LogP contribution in [0.3, 0.4) is 0 Å². The molecule has 1 spiro atoms. The standard InChI is InChI=1S/C62H57N/c1-10-39-19-21-40(22-20-39)41-23-27-44(28-24-41)63(45-29-33-49-47-15-11-13-17-53(47)61(8,9)55(49)37-45)46-30-34-52-48-16-12-14-18-54(48)62(58(52)38-46)56-35-42(59(2,3)4)25-31-50(56)51-32-26-43(36-57(51)62)60(5,6)7/h11-38H,10H2,1-9H3. The van der Waals surface area contributed by atoms with Crippen molar-refractivity contribution < 1.29 is 0 Å². The molecule has 0 saturated carbocycles. The number of anilines is 3. The van der Waals surface area contributed by atoms with Crippen molar-refractivity contribution in [2.24, 2.45) is 0 Å². The van der Waals surface area contributed by atoms with Gasteiger partial charge in [0, 0.05) is 22.5 Å². The zero-order chi connectivity index (χ0) is 43.6. The maximum atomic E-state index is 2.55. The van der Waals surface area contributed by atoms with Crippen molar-refractivity contribution >= 4 is 17.1 Å². The lowest BCUT2D eigenvalue weighted by Gasteiger charge is -2.34. The van der Waals surface area contributed by atoms with E-state index in [9.17, 15) is 0 Å². The maximum absolute atomic E-state index is 2.55. The van der Waals surface area contributed by atoms with Crippen LogP contribution in [-0.2, 0) is 28.1 Å². The van der Waals surface area contributed by atoms with Crippen LogP contribution in [0, 0.1) is 0 Å². The second kappa shape index (κ2) is 13.8. The van der Waals surface area contributed by atoms with Gasteiger partial charge >= 0.3 is 0 Å². The fourth-order valence-electron chi connectivity index (χ4n) is 11.3. The summed E-state index contributed by atoms with van der Waals surface area (Å²) in [4.78, 5) is 2.51. The van der Waals surface area contributed by atoms with Crippen LogP contribution in [0.2, 0.25) is 0 Å². The predicted molar refractivity (Wildman–Crippen MR) is 267 cm³/mol. The van der Waals surface area contributed by atoms with Crippen molar-refractivity contribution in [1.29, 1.82) is 0 Å². The van der Waals surface area contributed by atoms with Crippen LogP contribution >= 0.6 is 0 Å². The Labute approximate surface area is 375 Å². The van der Waals surface area contributed by atoms with Crippen LogP contribution in [-0.4, -0.2) is 0 Å². The predicted octanol–water partition coefficient (Wildman–Crippen LogP) is 16.6. The zero-order valence-corrected chi connectivity index (χ0v) is 38.3. The van der Waals surface area contributed by atoms with Gasteiger partial charge in [-0.1, -0.05) is 196 Å². The number of benzene rings is 8. The van der Waals surface area contributed by atoms with Gasteiger partial charge in [-0.2, -0.15) is 0 Å². The molecule has 8 aromatic rings. The number of nitrogens with zero attached hydrogens (tertiary/aromatic N) is 1. The Hall–Kier alpha value is -6.44. The van der Waals surface area contributed by atoms with Crippen molar-refractivity contribution in [2.45, 2.75) is 90.4 Å². The minimum atomic E-state index is -0.489. The van der Waals surface area contributed by atoms with Crippen LogP contribution in [0.1, 0.15) is 112 Å². The molecule has 0 heterocycles. The fraction of sp³-hybridized carbons (Fsp3) is 0.226. The Morgan fingerprint density at radius 3 is 1.30 bits per heavy atom. The number of rotatable bonds is 5. The lowest BCUT2D eigenvalue weighted by molar-refractivity contribution is 0.586. The highest BCUT2D eigenvalue weighted by Crippen LogP contribution is 2.64. The largest absolute Gasteiger partial charge is 0.310 e. The molecule has 1 heteroatoms. The number of aryl methyl sites for hydroxylation is 1. The smallest absolute Gasteiger partial charge is 0.0726 e. The lowest BCUT2D eigenvalue weighted by Crippen LogP contribution is -2.27. The molecule has 0 unspecified atom stereocenters. The molecular weight excluding hydrogens is 759 g/mol. The first-order valence-electron chi connectivity index (χ1n) is 23.0. The molecule has 310 valence electrons. The highest BCUT2D eigenvalue weighted by molar-refractivity contribution is 5.97. The van der Waals surface area contributed by atoms with Gasteiger partial charge in [-0.25, -0.2) is 0 Å². The molecule has 3 aliphatic carbocycles. The third kappa shape index (κ3) is 5.81. The van der Waals surface area contributed by atoms with Crippen LogP contribution in [0.5, 0.6) is 0 Å². The number of fused-ring (bicyclic) bond motifs is 13. The molecule has 8 aromatic carbocycles. The summed E-state index contributed by atoms with van der Waals surface area (Å²) in [6.07, 6.45) is 1.04. The maximum Gasteiger partial charge on any atom is 0.0726 e. The van der Waals surface area contributed by atoms with Gasteiger partial charge in [-0.3, -0.25) is 0 Å². The van der Waals surface area contributed by atoms with Gasteiger partial charge in [0.05, 0.1) is 5.41 Å². The molecule has 0 aliphatic heterocycles. The van der Waals surface area contributed by atoms with Crippen LogP contribution in [0.25, 0.3) is 44.5 Å². The zero-order valence-electron chi connectivity index (χ0n) is 38.3. The summed E-state index contributed by atoms with van der Waals surface area (Å²) in [5.41, 5.74) is 25.6. The van der Waals surface area contributed by atoms with Gasteiger partial charge in [0.25, 0.3) is 0 Å². The highest BCUT2D eigenvalue weighted by Gasteiger charge is 2.52. The molecule has 0 fully saturated rings. The SMILES string of the molecule is CCc1ccc(-c2ccc(N(c3ccc4c(c3)C(C)(C)c3ccccc3-4)c3ccc4c(c3)C3(c5ccccc5-4)c4cc(C(C)(C)C)ccc4-c4ccc(C(C)(C)C)cc43)cc2)cc1. The monoisotopic (exact) mass is 815 g/mol. The first kappa shape index (κ1) is 39.4. The first-order chi connectivity index (χ1) is 30.2. The second-order valence-corrected chi connectivity index (χ2v) is 20.9. The normalized spacial score (nSPS) is 14.7. The van der Waals surface area contributed by atoms with E-state index in [1.807, 2.05) is 0 Å². The van der Waals surface area contributed by atoms with E-state index in [4.69, 9.17) is 0 Å². The molecule has 11 rings (SSSR count). The van der Waals surface area contributed by atoms with Crippen molar-refractivity contribution in [3.8, 4) is 44.5 Å². The molecular formula is C62H57N. The molecule has 3 aliphatic rings. The summed E-state index contributed by atoms with van der Waals surface area (Å²) in [6.45, 7) is 21.0. The van der Waals surface area contributed by atoms with E-state index in [0.717, 1.165) is 23.5 Å². The van der Waals surface area contributed by atoms with Gasteiger partial charge in [-0.05, 0) is 148 Å². The van der Waals surface area contributed by atoms with E-state index in [1.54, 1.807) is 0 Å². The highest BCUT2D eigenvalue weighted by atomic mass is 15.1. The molecule has 0 aromatic heterocycles. The average molecular weight is 816 g/mol. The molecule has 0 radical (unpaired) electrons. The molecule has 63 heavy (non-hydrogen) atoms. The summed E-state index contributed by atoms with van der Waals surface area (Å²) in [5.74, 6) is 0. The van der Waals surface area contributed by atoms with Crippen LogP contribution in [0.15, 0.2) is 170 Å². The topological polar surface area (TPSA) is 3.24 Å². The molecule has 1 nitrogen and oxygen atoms in total. The van der Waals surface area contributed by atoms with Crippen molar-refractivity contribution in [2.75, 3.05) is 4.90 Å². The second-order valence-electron chi connectivity index (χ2n) is 20.9. The summed E-state index contributed by atoms with van der Waals surface area (Å²) in [6, 6.07) is 65.6.